The molecule has 1 atom stereocenters. The van der Waals surface area contributed by atoms with Crippen molar-refractivity contribution >= 4 is 12.0 Å². The van der Waals surface area contributed by atoms with Gasteiger partial charge in [-0.15, -0.1) is 0 Å². The molecule has 0 bridgehead atoms. The monoisotopic (exact) mass is 409 g/mol. The van der Waals surface area contributed by atoms with E-state index in [1.165, 1.54) is 10.5 Å². The zero-order valence-electron chi connectivity index (χ0n) is 17.7. The van der Waals surface area contributed by atoms with Crippen LogP contribution in [0.5, 0.6) is 5.75 Å². The van der Waals surface area contributed by atoms with E-state index in [1.54, 1.807) is 7.11 Å². The van der Waals surface area contributed by atoms with Crippen LogP contribution in [0, 0.1) is 0 Å². The largest absolute Gasteiger partial charge is 0.497 e. The summed E-state index contributed by atoms with van der Waals surface area (Å²) in [5.41, 5.74) is 2.43. The van der Waals surface area contributed by atoms with E-state index < -0.39 is 6.09 Å². The van der Waals surface area contributed by atoms with E-state index in [0.29, 0.717) is 12.8 Å². The molecule has 0 spiro atoms. The van der Waals surface area contributed by atoms with Crippen LogP contribution in [0.2, 0.25) is 0 Å². The standard InChI is InChI=1S/C25H31NO4/c1-29-23-16-14-20(15-17-23)10-6-3-2-4-9-13-24(27)26-22(19-30-25(26)28)18-21-11-7-5-8-12-21/h5,7-8,11-12,14-17,22H,2-4,6,9-10,13,18-19H2,1H3/t22-/m0/s1. The van der Waals surface area contributed by atoms with Gasteiger partial charge in [0.15, 0.2) is 0 Å². The van der Waals surface area contributed by atoms with E-state index in [2.05, 4.69) is 12.1 Å². The number of hydrogen-bond donors (Lipinski definition) is 0. The SMILES string of the molecule is COc1ccc(CCCCCCCC(=O)N2C(=O)OC[C@@H]2Cc2ccccc2)cc1. The van der Waals surface area contributed by atoms with Crippen molar-refractivity contribution in [2.75, 3.05) is 13.7 Å². The number of hydrogen-bond acceptors (Lipinski definition) is 4. The molecule has 1 heterocycles. The summed E-state index contributed by atoms with van der Waals surface area (Å²) in [4.78, 5) is 26.0. The molecule has 0 aromatic heterocycles. The van der Waals surface area contributed by atoms with Crippen LogP contribution in [0.3, 0.4) is 0 Å². The zero-order valence-corrected chi connectivity index (χ0v) is 17.7. The minimum Gasteiger partial charge on any atom is -0.497 e. The second-order valence-corrected chi connectivity index (χ2v) is 7.80. The van der Waals surface area contributed by atoms with Gasteiger partial charge in [0.1, 0.15) is 12.4 Å². The Morgan fingerprint density at radius 3 is 2.40 bits per heavy atom. The molecular formula is C25H31NO4. The smallest absolute Gasteiger partial charge is 0.416 e. The third kappa shape index (κ3) is 6.34. The summed E-state index contributed by atoms with van der Waals surface area (Å²) in [6, 6.07) is 17.9. The summed E-state index contributed by atoms with van der Waals surface area (Å²) in [5, 5.41) is 0. The Kier molecular flexibility index (Phi) is 8.30. The van der Waals surface area contributed by atoms with Crippen LogP contribution in [0.15, 0.2) is 54.6 Å². The fourth-order valence-corrected chi connectivity index (χ4v) is 3.85. The topological polar surface area (TPSA) is 55.8 Å². The highest BCUT2D eigenvalue weighted by molar-refractivity contribution is 5.93. The maximum absolute atomic E-state index is 12.6. The van der Waals surface area contributed by atoms with Gasteiger partial charge >= 0.3 is 6.09 Å². The minimum atomic E-state index is -0.500. The average molecular weight is 410 g/mol. The van der Waals surface area contributed by atoms with E-state index in [4.69, 9.17) is 9.47 Å². The number of imide groups is 1. The van der Waals surface area contributed by atoms with Crippen LogP contribution >= 0.6 is 0 Å². The summed E-state index contributed by atoms with van der Waals surface area (Å²) in [7, 11) is 1.68. The van der Waals surface area contributed by atoms with Gasteiger partial charge in [-0.2, -0.15) is 0 Å². The van der Waals surface area contributed by atoms with Crippen molar-refractivity contribution in [2.45, 2.75) is 57.4 Å². The Labute approximate surface area is 179 Å². The first-order valence-electron chi connectivity index (χ1n) is 10.8. The molecule has 2 aromatic carbocycles. The number of ether oxygens (including phenoxy) is 2. The van der Waals surface area contributed by atoms with Gasteiger partial charge in [-0.05, 0) is 48.9 Å². The summed E-state index contributed by atoms with van der Waals surface area (Å²) in [6.45, 7) is 0.283. The number of methoxy groups -OCH3 is 1. The van der Waals surface area contributed by atoms with Crippen molar-refractivity contribution in [3.8, 4) is 5.75 Å². The Hall–Kier alpha value is -2.82. The summed E-state index contributed by atoms with van der Waals surface area (Å²) in [5.74, 6) is 0.771. The maximum atomic E-state index is 12.6. The van der Waals surface area contributed by atoms with Gasteiger partial charge in [0.2, 0.25) is 5.91 Å². The Bertz CT molecular complexity index is 804. The molecule has 0 N–H and O–H groups in total. The highest BCUT2D eigenvalue weighted by Gasteiger charge is 2.37. The molecule has 30 heavy (non-hydrogen) atoms. The maximum Gasteiger partial charge on any atom is 0.416 e. The molecule has 5 heteroatoms. The molecule has 1 saturated heterocycles. The third-order valence-corrected chi connectivity index (χ3v) is 5.56. The lowest BCUT2D eigenvalue weighted by Gasteiger charge is -2.19. The lowest BCUT2D eigenvalue weighted by molar-refractivity contribution is -0.129. The molecule has 3 rings (SSSR count). The molecule has 2 aromatic rings. The van der Waals surface area contributed by atoms with Gasteiger partial charge in [-0.3, -0.25) is 4.79 Å². The first-order chi connectivity index (χ1) is 14.7. The van der Waals surface area contributed by atoms with E-state index in [1.807, 2.05) is 42.5 Å². The molecule has 0 radical (unpaired) electrons. The number of benzene rings is 2. The fraction of sp³-hybridized carbons (Fsp3) is 0.440. The van der Waals surface area contributed by atoms with Crippen molar-refractivity contribution in [1.29, 1.82) is 0 Å². The Balaban J connectivity index is 1.32. The average Bonchev–Trinajstić information content (AvgIpc) is 3.14. The van der Waals surface area contributed by atoms with Crippen molar-refractivity contribution in [3.05, 3.63) is 65.7 Å². The molecule has 1 aliphatic rings. The number of amides is 2. The number of rotatable bonds is 11. The molecule has 0 aliphatic carbocycles. The quantitative estimate of drug-likeness (QED) is 0.481. The third-order valence-electron chi connectivity index (χ3n) is 5.56. The fourth-order valence-electron chi connectivity index (χ4n) is 3.85. The van der Waals surface area contributed by atoms with Crippen LogP contribution in [0.4, 0.5) is 4.79 Å². The van der Waals surface area contributed by atoms with Crippen LogP contribution < -0.4 is 4.74 Å². The number of carbonyl (C=O) groups excluding carboxylic acids is 2. The van der Waals surface area contributed by atoms with E-state index in [-0.39, 0.29) is 18.6 Å². The molecule has 0 unspecified atom stereocenters. The van der Waals surface area contributed by atoms with Gasteiger partial charge in [0, 0.05) is 6.42 Å². The second-order valence-electron chi connectivity index (χ2n) is 7.80. The molecule has 160 valence electrons. The lowest BCUT2D eigenvalue weighted by atomic mass is 10.0. The lowest BCUT2D eigenvalue weighted by Crippen LogP contribution is -2.40. The molecule has 2 amide bonds. The summed E-state index contributed by atoms with van der Waals surface area (Å²) < 4.78 is 10.3. The second kappa shape index (κ2) is 11.4. The molecule has 1 fully saturated rings. The Morgan fingerprint density at radius 2 is 1.67 bits per heavy atom. The van der Waals surface area contributed by atoms with Crippen LogP contribution in [-0.2, 0) is 22.4 Å². The highest BCUT2D eigenvalue weighted by Crippen LogP contribution is 2.20. The van der Waals surface area contributed by atoms with E-state index in [0.717, 1.165) is 49.8 Å². The van der Waals surface area contributed by atoms with Gasteiger partial charge in [0.05, 0.1) is 13.2 Å². The predicted molar refractivity (Wildman–Crippen MR) is 117 cm³/mol. The van der Waals surface area contributed by atoms with Crippen molar-refractivity contribution in [3.63, 3.8) is 0 Å². The van der Waals surface area contributed by atoms with E-state index in [9.17, 15) is 9.59 Å². The van der Waals surface area contributed by atoms with Crippen LogP contribution in [-0.4, -0.2) is 36.7 Å². The summed E-state index contributed by atoms with van der Waals surface area (Å²) in [6.07, 6.45) is 6.79. The van der Waals surface area contributed by atoms with Crippen LogP contribution in [0.25, 0.3) is 0 Å². The van der Waals surface area contributed by atoms with Crippen LogP contribution in [0.1, 0.15) is 49.7 Å². The zero-order chi connectivity index (χ0) is 21.2. The highest BCUT2D eigenvalue weighted by atomic mass is 16.6. The first kappa shape index (κ1) is 21.9. The van der Waals surface area contributed by atoms with Crippen molar-refractivity contribution in [1.82, 2.24) is 4.90 Å². The number of carbonyl (C=O) groups is 2. The minimum absolute atomic E-state index is 0.114. The van der Waals surface area contributed by atoms with Crippen molar-refractivity contribution in [2.24, 2.45) is 0 Å². The van der Waals surface area contributed by atoms with Gasteiger partial charge in [-0.25, -0.2) is 9.69 Å². The molecular weight excluding hydrogens is 378 g/mol. The number of nitrogens with zero attached hydrogens (tertiary/aromatic N) is 1. The number of cyclic esters (lactones) is 1. The van der Waals surface area contributed by atoms with Gasteiger partial charge < -0.3 is 9.47 Å². The first-order valence-corrected chi connectivity index (χ1v) is 10.8. The van der Waals surface area contributed by atoms with Crippen molar-refractivity contribution < 1.29 is 19.1 Å². The number of unbranched alkanes of at least 4 members (excludes halogenated alkanes) is 4. The molecule has 0 saturated carbocycles. The van der Waals surface area contributed by atoms with Gasteiger partial charge in [-0.1, -0.05) is 61.7 Å². The molecule has 1 aliphatic heterocycles. The Morgan fingerprint density at radius 1 is 0.967 bits per heavy atom. The van der Waals surface area contributed by atoms with Gasteiger partial charge in [0.25, 0.3) is 0 Å². The van der Waals surface area contributed by atoms with E-state index >= 15 is 0 Å². The molecule has 5 nitrogen and oxygen atoms in total. The normalized spacial score (nSPS) is 15.8. The number of aryl methyl sites for hydroxylation is 1. The predicted octanol–water partition coefficient (Wildman–Crippen LogP) is 5.17. The summed E-state index contributed by atoms with van der Waals surface area (Å²) >= 11 is 0.